The molecule has 4 amide bonds. The first-order valence-corrected chi connectivity index (χ1v) is 13.2. The smallest absolute Gasteiger partial charge is 0.435 e. The van der Waals surface area contributed by atoms with E-state index >= 15 is 0 Å². The second-order valence-electron chi connectivity index (χ2n) is 10.7. The minimum absolute atomic E-state index is 0.00436. The molecular weight excluding hydrogens is 524 g/mol. The Hall–Kier alpha value is -4.00. The quantitative estimate of drug-likeness (QED) is 0.350. The van der Waals surface area contributed by atoms with Crippen molar-refractivity contribution in [2.75, 3.05) is 19.7 Å². The van der Waals surface area contributed by atoms with Crippen molar-refractivity contribution in [3.8, 4) is 0 Å². The fourth-order valence-electron chi connectivity index (χ4n) is 4.56. The number of hydroxylamine groups is 2. The Morgan fingerprint density at radius 2 is 1.75 bits per heavy atom. The maximum atomic E-state index is 13.1. The van der Waals surface area contributed by atoms with Crippen LogP contribution in [0.15, 0.2) is 30.3 Å². The van der Waals surface area contributed by atoms with Crippen molar-refractivity contribution in [3.05, 3.63) is 35.9 Å². The molecule has 3 rings (SSSR count). The number of ether oxygens (including phenoxy) is 1. The van der Waals surface area contributed by atoms with E-state index < -0.39 is 53.4 Å². The van der Waals surface area contributed by atoms with E-state index in [0.717, 1.165) is 5.06 Å². The third-order valence-electron chi connectivity index (χ3n) is 6.42. The summed E-state index contributed by atoms with van der Waals surface area (Å²) in [6.45, 7) is 5.53. The Labute approximate surface area is 232 Å². The first kappa shape index (κ1) is 30.5. The van der Waals surface area contributed by atoms with Gasteiger partial charge in [0.2, 0.25) is 17.7 Å². The van der Waals surface area contributed by atoms with Gasteiger partial charge in [-0.3, -0.25) is 24.0 Å². The lowest BCUT2D eigenvalue weighted by Crippen LogP contribution is -2.53. The van der Waals surface area contributed by atoms with Gasteiger partial charge in [0.15, 0.2) is 0 Å². The zero-order valence-electron chi connectivity index (χ0n) is 22.9. The number of carbonyl (C=O) groups excluding carboxylic acids is 5. The number of carboxylic acids is 1. The van der Waals surface area contributed by atoms with Crippen LogP contribution in [0.4, 0.5) is 4.79 Å². The molecule has 0 aromatic heterocycles. The van der Waals surface area contributed by atoms with E-state index in [-0.39, 0.29) is 38.3 Å². The number of carboxylic acid groups (broad SMARTS) is 1. The maximum absolute atomic E-state index is 13.1. The van der Waals surface area contributed by atoms with Crippen molar-refractivity contribution in [1.29, 1.82) is 0 Å². The molecule has 2 heterocycles. The van der Waals surface area contributed by atoms with E-state index in [0.29, 0.717) is 24.9 Å². The van der Waals surface area contributed by atoms with Gasteiger partial charge in [0.05, 0.1) is 6.61 Å². The molecule has 0 aliphatic carbocycles. The molecule has 1 unspecified atom stereocenters. The number of benzene rings is 1. The molecule has 3 N–H and O–H groups in total. The topological polar surface area (TPSA) is 172 Å². The first-order chi connectivity index (χ1) is 18.9. The third-order valence-corrected chi connectivity index (χ3v) is 6.42. The van der Waals surface area contributed by atoms with Crippen LogP contribution in [-0.4, -0.2) is 94.1 Å². The second kappa shape index (κ2) is 13.4. The van der Waals surface area contributed by atoms with Crippen molar-refractivity contribution in [2.45, 2.75) is 76.6 Å². The average Bonchev–Trinajstić information content (AvgIpc) is 3.58. The van der Waals surface area contributed by atoms with Gasteiger partial charge in [0, 0.05) is 32.4 Å². The lowest BCUT2D eigenvalue weighted by atomic mass is 10.0. The highest BCUT2D eigenvalue weighted by Crippen LogP contribution is 2.21. The number of likely N-dealkylation sites (tertiary alicyclic amines) is 1. The highest BCUT2D eigenvalue weighted by atomic mass is 16.7. The molecule has 40 heavy (non-hydrogen) atoms. The molecule has 0 bridgehead atoms. The highest BCUT2D eigenvalue weighted by Gasteiger charge is 2.39. The number of hydrogen-bond acceptors (Lipinski definition) is 8. The van der Waals surface area contributed by atoms with Gasteiger partial charge in [-0.15, -0.1) is 0 Å². The Balaban J connectivity index is 1.54. The zero-order chi connectivity index (χ0) is 29.4. The molecule has 0 saturated carbocycles. The summed E-state index contributed by atoms with van der Waals surface area (Å²) in [6.07, 6.45) is 0.294. The van der Waals surface area contributed by atoms with E-state index in [1.807, 2.05) is 0 Å². The third kappa shape index (κ3) is 8.25. The number of Topliss-reactive ketones (excluding diaryl/α,β-unsaturated/α-hetero) is 1. The Morgan fingerprint density at radius 1 is 1.05 bits per heavy atom. The van der Waals surface area contributed by atoms with Gasteiger partial charge < -0.3 is 25.4 Å². The number of carbonyl (C=O) groups is 6. The number of rotatable bonds is 10. The van der Waals surface area contributed by atoms with Gasteiger partial charge in [-0.05, 0) is 39.2 Å². The molecule has 218 valence electrons. The van der Waals surface area contributed by atoms with Crippen molar-refractivity contribution in [2.24, 2.45) is 0 Å². The number of nitrogens with zero attached hydrogens (tertiary/aromatic N) is 2. The van der Waals surface area contributed by atoms with E-state index in [9.17, 15) is 33.9 Å². The van der Waals surface area contributed by atoms with Gasteiger partial charge in [-0.2, -0.15) is 5.06 Å². The predicted molar refractivity (Wildman–Crippen MR) is 140 cm³/mol. The van der Waals surface area contributed by atoms with Gasteiger partial charge in [-0.1, -0.05) is 30.3 Å². The standard InChI is InChI=1S/C27H36N4O9/c1-27(2,3)40-26(38)31-20(12-15-39-31)23(34)28-13-11-21(32)30-14-7-10-19(30)24(35)29-18(22(33)25(36)37)16-17-8-5-4-6-9-17/h4-6,8-9,18-20H,7,10-16H2,1-3H3,(H,28,34)(H,29,35)(H,36,37)/t18-,19-,20?/m0/s1. The molecule has 13 nitrogen and oxygen atoms in total. The largest absolute Gasteiger partial charge is 0.475 e. The molecule has 2 aliphatic heterocycles. The summed E-state index contributed by atoms with van der Waals surface area (Å²) >= 11 is 0. The van der Waals surface area contributed by atoms with Crippen molar-refractivity contribution >= 4 is 35.6 Å². The summed E-state index contributed by atoms with van der Waals surface area (Å²) in [4.78, 5) is 81.3. The molecule has 1 aromatic carbocycles. The van der Waals surface area contributed by atoms with Gasteiger partial charge in [0.1, 0.15) is 23.7 Å². The molecule has 0 radical (unpaired) electrons. The zero-order valence-corrected chi connectivity index (χ0v) is 22.9. The summed E-state index contributed by atoms with van der Waals surface area (Å²) in [7, 11) is 0. The lowest BCUT2D eigenvalue weighted by Gasteiger charge is -2.27. The molecular formula is C27H36N4O9. The molecule has 1 aromatic rings. The van der Waals surface area contributed by atoms with Crippen molar-refractivity contribution < 1.29 is 43.4 Å². The van der Waals surface area contributed by atoms with Gasteiger partial charge in [-0.25, -0.2) is 9.59 Å². The molecule has 2 saturated heterocycles. The first-order valence-electron chi connectivity index (χ1n) is 13.2. The number of aliphatic carboxylic acids is 1. The summed E-state index contributed by atoms with van der Waals surface area (Å²) in [6, 6.07) is 5.65. The molecule has 3 atom stereocenters. The molecule has 0 spiro atoms. The minimum Gasteiger partial charge on any atom is -0.475 e. The summed E-state index contributed by atoms with van der Waals surface area (Å²) in [5.41, 5.74) is -0.0901. The highest BCUT2D eigenvalue weighted by molar-refractivity contribution is 6.35. The summed E-state index contributed by atoms with van der Waals surface area (Å²) in [5.74, 6) is -4.29. The lowest BCUT2D eigenvalue weighted by molar-refractivity contribution is -0.150. The van der Waals surface area contributed by atoms with E-state index in [1.165, 1.54) is 4.90 Å². The van der Waals surface area contributed by atoms with Gasteiger partial charge in [0.25, 0.3) is 5.78 Å². The van der Waals surface area contributed by atoms with Crippen molar-refractivity contribution in [3.63, 3.8) is 0 Å². The number of nitrogens with one attached hydrogen (secondary N) is 2. The predicted octanol–water partition coefficient (Wildman–Crippen LogP) is 0.806. The molecule has 2 aliphatic rings. The minimum atomic E-state index is -1.66. The number of amides is 4. The monoisotopic (exact) mass is 560 g/mol. The molecule has 2 fully saturated rings. The van der Waals surface area contributed by atoms with E-state index in [1.54, 1.807) is 51.1 Å². The maximum Gasteiger partial charge on any atom is 0.435 e. The van der Waals surface area contributed by atoms with E-state index in [4.69, 9.17) is 9.57 Å². The fraction of sp³-hybridized carbons (Fsp3) is 0.556. The molecule has 13 heteroatoms. The van der Waals surface area contributed by atoms with Crippen LogP contribution in [-0.2, 0) is 40.0 Å². The van der Waals surface area contributed by atoms with Crippen molar-refractivity contribution in [1.82, 2.24) is 20.6 Å². The van der Waals surface area contributed by atoms with Crippen LogP contribution in [0.2, 0.25) is 0 Å². The van der Waals surface area contributed by atoms with Crippen LogP contribution in [0.5, 0.6) is 0 Å². The van der Waals surface area contributed by atoms with Crippen LogP contribution >= 0.6 is 0 Å². The normalized spacial score (nSPS) is 19.6. The summed E-state index contributed by atoms with van der Waals surface area (Å²) < 4.78 is 5.26. The number of ketones is 1. The Kier molecular flexibility index (Phi) is 10.2. The average molecular weight is 561 g/mol. The van der Waals surface area contributed by atoms with Crippen LogP contribution in [0.3, 0.4) is 0 Å². The van der Waals surface area contributed by atoms with Crippen LogP contribution in [0.25, 0.3) is 0 Å². The SMILES string of the molecule is CC(C)(C)OC(=O)N1OCCC1C(=O)NCCC(=O)N1CCC[C@H]1C(=O)N[C@@H](Cc1ccccc1)C(=O)C(=O)O. The summed E-state index contributed by atoms with van der Waals surface area (Å²) in [5, 5.41) is 15.3. The van der Waals surface area contributed by atoms with Gasteiger partial charge >= 0.3 is 12.1 Å². The Bertz CT molecular complexity index is 1120. The number of hydrogen-bond donors (Lipinski definition) is 3. The van der Waals surface area contributed by atoms with Crippen LogP contribution in [0.1, 0.15) is 52.0 Å². The van der Waals surface area contributed by atoms with Crippen LogP contribution < -0.4 is 10.6 Å². The Morgan fingerprint density at radius 3 is 2.40 bits per heavy atom. The second-order valence-corrected chi connectivity index (χ2v) is 10.7. The van der Waals surface area contributed by atoms with Crippen LogP contribution in [0, 0.1) is 0 Å². The van der Waals surface area contributed by atoms with E-state index in [2.05, 4.69) is 10.6 Å². The fourth-order valence-corrected chi connectivity index (χ4v) is 4.56.